The first kappa shape index (κ1) is 31.7. The first-order chi connectivity index (χ1) is 20.9. The molecule has 1 aliphatic heterocycles. The van der Waals surface area contributed by atoms with Crippen LogP contribution in [0.3, 0.4) is 0 Å². The van der Waals surface area contributed by atoms with Crippen LogP contribution in [0.15, 0.2) is 60.7 Å². The number of aryl methyl sites for hydroxylation is 2. The van der Waals surface area contributed by atoms with Crippen molar-refractivity contribution in [1.82, 2.24) is 15.2 Å². The second kappa shape index (κ2) is 15.9. The molecule has 1 aliphatic rings. The van der Waals surface area contributed by atoms with Crippen LogP contribution in [-0.2, 0) is 33.7 Å². The molecule has 0 saturated carbocycles. The summed E-state index contributed by atoms with van der Waals surface area (Å²) in [6.07, 6.45) is 2.09. The lowest BCUT2D eigenvalue weighted by molar-refractivity contribution is -0.139. The minimum Gasteiger partial charge on any atom is -0.486 e. The molecule has 0 saturated heterocycles. The number of rotatable bonds is 15. The Balaban J connectivity index is 1.45. The number of pyridine rings is 1. The summed E-state index contributed by atoms with van der Waals surface area (Å²) in [6, 6.07) is 16.1. The molecule has 2 amide bonds. The third-order valence-corrected chi connectivity index (χ3v) is 7.29. The highest BCUT2D eigenvalue weighted by atomic mass is 19.1. The second-order valence-corrected chi connectivity index (χ2v) is 10.3. The fourth-order valence-corrected chi connectivity index (χ4v) is 4.98. The monoisotopic (exact) mass is 594 g/mol. The molecular formula is C32H39FN4O6. The van der Waals surface area contributed by atoms with Gasteiger partial charge in [0.15, 0.2) is 17.9 Å². The van der Waals surface area contributed by atoms with Gasteiger partial charge in [0.2, 0.25) is 0 Å². The number of hydrogen-bond donors (Lipinski definition) is 3. The maximum atomic E-state index is 15.2. The standard InChI is InChI=1S/C32H39FN4O6/c1-41-30(42-2)20-37(32(40)35-17-7-11-25-14-12-23-10-6-16-34-31(23)36-25)27(19-29(38)39)24-13-15-28(26(33)18-24)43-21-22-8-4-3-5-9-22/h3-5,8-9,12-15,18,27,30H,6-7,10-11,16-17,19-21H2,1-2H3,(H,34,36)(H,35,40)(H,38,39)/t27-/m1/s1. The van der Waals surface area contributed by atoms with E-state index in [0.29, 0.717) is 24.9 Å². The molecule has 0 aliphatic carbocycles. The van der Waals surface area contributed by atoms with Crippen LogP contribution in [0.4, 0.5) is 15.0 Å². The Morgan fingerprint density at radius 3 is 2.63 bits per heavy atom. The van der Waals surface area contributed by atoms with Gasteiger partial charge in [0.05, 0.1) is 19.0 Å². The summed E-state index contributed by atoms with van der Waals surface area (Å²) in [6.45, 7) is 1.32. The number of anilines is 1. The van der Waals surface area contributed by atoms with Gasteiger partial charge < -0.3 is 34.9 Å². The van der Waals surface area contributed by atoms with Crippen LogP contribution < -0.4 is 15.4 Å². The first-order valence-corrected chi connectivity index (χ1v) is 14.4. The molecule has 10 nitrogen and oxygen atoms in total. The number of aliphatic carboxylic acids is 1. The molecule has 4 rings (SSSR count). The fraction of sp³-hybridized carbons (Fsp3) is 0.406. The largest absolute Gasteiger partial charge is 0.486 e. The lowest BCUT2D eigenvalue weighted by atomic mass is 10.0. The van der Waals surface area contributed by atoms with E-state index < -0.39 is 36.6 Å². The summed E-state index contributed by atoms with van der Waals surface area (Å²) in [5.41, 5.74) is 3.31. The Labute approximate surface area is 251 Å². The number of carboxylic acids is 1. The van der Waals surface area contributed by atoms with Crippen molar-refractivity contribution in [2.45, 2.75) is 51.0 Å². The Hall–Kier alpha value is -4.22. The molecular weight excluding hydrogens is 555 g/mol. The van der Waals surface area contributed by atoms with Crippen molar-refractivity contribution >= 4 is 17.8 Å². The highest BCUT2D eigenvalue weighted by molar-refractivity contribution is 5.76. The van der Waals surface area contributed by atoms with E-state index in [1.807, 2.05) is 36.4 Å². The number of ether oxygens (including phenoxy) is 3. The van der Waals surface area contributed by atoms with Crippen LogP contribution in [0.25, 0.3) is 0 Å². The Morgan fingerprint density at radius 2 is 1.91 bits per heavy atom. The number of carbonyl (C=O) groups excluding carboxylic acids is 1. The topological polar surface area (TPSA) is 122 Å². The van der Waals surface area contributed by atoms with E-state index in [1.54, 1.807) is 6.07 Å². The quantitative estimate of drug-likeness (QED) is 0.167. The molecule has 11 heteroatoms. The van der Waals surface area contributed by atoms with Crippen LogP contribution in [0.5, 0.6) is 5.75 Å². The molecule has 1 atom stereocenters. The maximum Gasteiger partial charge on any atom is 0.318 e. The van der Waals surface area contributed by atoms with Gasteiger partial charge in [-0.2, -0.15) is 0 Å². The number of urea groups is 1. The van der Waals surface area contributed by atoms with E-state index in [2.05, 4.69) is 16.7 Å². The normalized spacial score (nSPS) is 13.1. The molecule has 0 spiro atoms. The Kier molecular flexibility index (Phi) is 11.7. The van der Waals surface area contributed by atoms with Gasteiger partial charge in [-0.25, -0.2) is 14.2 Å². The van der Waals surface area contributed by atoms with Crippen molar-refractivity contribution in [1.29, 1.82) is 0 Å². The zero-order chi connectivity index (χ0) is 30.6. The van der Waals surface area contributed by atoms with Gasteiger partial charge in [0.1, 0.15) is 12.4 Å². The number of nitrogens with one attached hydrogen (secondary N) is 2. The minimum absolute atomic E-state index is 0.0235. The van der Waals surface area contributed by atoms with Gasteiger partial charge in [-0.3, -0.25) is 4.79 Å². The van der Waals surface area contributed by atoms with Crippen molar-refractivity contribution < 1.29 is 33.3 Å². The van der Waals surface area contributed by atoms with Crippen LogP contribution >= 0.6 is 0 Å². The van der Waals surface area contributed by atoms with Gasteiger partial charge in [-0.1, -0.05) is 42.5 Å². The van der Waals surface area contributed by atoms with E-state index in [4.69, 9.17) is 19.2 Å². The van der Waals surface area contributed by atoms with E-state index in [0.717, 1.165) is 36.5 Å². The number of benzene rings is 2. The van der Waals surface area contributed by atoms with Crippen molar-refractivity contribution in [2.24, 2.45) is 0 Å². The third-order valence-electron chi connectivity index (χ3n) is 7.29. The highest BCUT2D eigenvalue weighted by Gasteiger charge is 2.30. The summed E-state index contributed by atoms with van der Waals surface area (Å²) >= 11 is 0. The SMILES string of the molecule is COC(CN(C(=O)NCCCc1ccc2c(n1)NCCC2)[C@H](CC(=O)O)c1ccc(OCc2ccccc2)c(F)c1)OC. The lowest BCUT2D eigenvalue weighted by Crippen LogP contribution is -2.47. The Bertz CT molecular complexity index is 1350. The molecule has 0 unspecified atom stereocenters. The smallest absolute Gasteiger partial charge is 0.318 e. The van der Waals surface area contributed by atoms with E-state index in [-0.39, 0.29) is 18.9 Å². The van der Waals surface area contributed by atoms with Crippen LogP contribution in [0, 0.1) is 5.82 Å². The predicted octanol–water partition coefficient (Wildman–Crippen LogP) is 4.94. The number of fused-ring (bicyclic) bond motifs is 1. The zero-order valence-corrected chi connectivity index (χ0v) is 24.6. The second-order valence-electron chi connectivity index (χ2n) is 10.3. The van der Waals surface area contributed by atoms with Crippen LogP contribution in [0.1, 0.15) is 47.7 Å². The summed E-state index contributed by atoms with van der Waals surface area (Å²) in [7, 11) is 2.85. The molecule has 2 heterocycles. The van der Waals surface area contributed by atoms with Gasteiger partial charge >= 0.3 is 12.0 Å². The van der Waals surface area contributed by atoms with Crippen molar-refractivity contribution in [2.75, 3.05) is 39.2 Å². The Morgan fingerprint density at radius 1 is 1.12 bits per heavy atom. The highest BCUT2D eigenvalue weighted by Crippen LogP contribution is 2.30. The zero-order valence-electron chi connectivity index (χ0n) is 24.6. The van der Waals surface area contributed by atoms with Crippen LogP contribution in [-0.4, -0.2) is 67.1 Å². The number of carbonyl (C=O) groups is 2. The molecule has 2 aromatic carbocycles. The number of hydrogen-bond acceptors (Lipinski definition) is 7. The van der Waals surface area contributed by atoms with Crippen LogP contribution in [0.2, 0.25) is 0 Å². The number of aromatic nitrogens is 1. The van der Waals surface area contributed by atoms with Gasteiger partial charge in [0, 0.05) is 33.0 Å². The van der Waals surface area contributed by atoms with Crippen molar-refractivity contribution in [3.05, 3.63) is 88.9 Å². The predicted molar refractivity (Wildman–Crippen MR) is 159 cm³/mol. The molecule has 0 bridgehead atoms. The first-order valence-electron chi connectivity index (χ1n) is 14.4. The number of nitrogens with zero attached hydrogens (tertiary/aromatic N) is 2. The molecule has 0 radical (unpaired) electrons. The number of carboxylic acid groups (broad SMARTS) is 1. The number of amides is 2. The number of methoxy groups -OCH3 is 2. The van der Waals surface area contributed by atoms with Crippen molar-refractivity contribution in [3.8, 4) is 5.75 Å². The van der Waals surface area contributed by atoms with Gasteiger partial charge in [-0.05, 0) is 60.6 Å². The fourth-order valence-electron chi connectivity index (χ4n) is 4.98. The molecule has 230 valence electrons. The molecule has 0 fully saturated rings. The van der Waals surface area contributed by atoms with Crippen molar-refractivity contribution in [3.63, 3.8) is 0 Å². The van der Waals surface area contributed by atoms with Gasteiger partial charge in [-0.15, -0.1) is 0 Å². The molecule has 3 aromatic rings. The maximum absolute atomic E-state index is 15.2. The summed E-state index contributed by atoms with van der Waals surface area (Å²) in [5.74, 6) is -0.864. The summed E-state index contributed by atoms with van der Waals surface area (Å²) in [4.78, 5) is 31.4. The number of halogens is 1. The average molecular weight is 595 g/mol. The molecule has 1 aromatic heterocycles. The van der Waals surface area contributed by atoms with E-state index in [9.17, 15) is 14.7 Å². The minimum atomic E-state index is -1.15. The van der Waals surface area contributed by atoms with E-state index >= 15 is 4.39 Å². The average Bonchev–Trinajstić information content (AvgIpc) is 3.02. The molecule has 43 heavy (non-hydrogen) atoms. The van der Waals surface area contributed by atoms with E-state index in [1.165, 1.54) is 36.8 Å². The molecule has 3 N–H and O–H groups in total. The summed E-state index contributed by atoms with van der Waals surface area (Å²) < 4.78 is 31.5. The third kappa shape index (κ3) is 9.13. The van der Waals surface area contributed by atoms with Gasteiger partial charge in [0.25, 0.3) is 0 Å². The lowest BCUT2D eigenvalue weighted by Gasteiger charge is -2.33. The summed E-state index contributed by atoms with van der Waals surface area (Å²) in [5, 5.41) is 15.9.